The van der Waals surface area contributed by atoms with E-state index >= 15 is 0 Å². The zero-order valence-electron chi connectivity index (χ0n) is 25.5. The van der Waals surface area contributed by atoms with E-state index in [1.165, 1.54) is 21.3 Å². The van der Waals surface area contributed by atoms with Gasteiger partial charge in [-0.05, 0) is 17.7 Å². The Morgan fingerprint density at radius 2 is 1.02 bits per heavy atom. The molecule has 0 aliphatic rings. The first-order chi connectivity index (χ1) is 20.2. The Morgan fingerprint density at radius 1 is 0.595 bits per heavy atom. The molecule has 0 atom stereocenters. The number of hydrogen-bond donors (Lipinski definition) is 4. The zero-order chi connectivity index (χ0) is 31.5. The standard InChI is InChI=1S/C27H50N4O10S/c1-5-22(42)6-7-26(35)31-27(41-16-10-25(34)30-13-19-38-4,20-39-14-8-23(32)28-11-17-36-2)21-40-15-9-24(33)29-12-18-37-3/h5-21H2,1-4H3,(H,28,32)(H,29,33)(H,30,34)(H,31,35). The van der Waals surface area contributed by atoms with Crippen molar-refractivity contribution in [1.82, 2.24) is 21.3 Å². The molecule has 0 saturated carbocycles. The lowest BCUT2D eigenvalue weighted by Gasteiger charge is -2.34. The molecule has 15 heteroatoms. The van der Waals surface area contributed by atoms with Crippen LogP contribution in [0.1, 0.15) is 45.4 Å². The van der Waals surface area contributed by atoms with Crippen molar-refractivity contribution in [2.75, 3.05) is 93.8 Å². The van der Waals surface area contributed by atoms with Gasteiger partial charge in [0.1, 0.15) is 0 Å². The summed E-state index contributed by atoms with van der Waals surface area (Å²) in [6.45, 7) is 3.83. The molecule has 0 spiro atoms. The Hall–Kier alpha value is -2.27. The summed E-state index contributed by atoms with van der Waals surface area (Å²) in [5.74, 6) is -1.06. The normalized spacial score (nSPS) is 11.1. The largest absolute Gasteiger partial charge is 0.383 e. The fourth-order valence-electron chi connectivity index (χ4n) is 3.27. The number of nitrogens with one attached hydrogen (secondary N) is 4. The molecule has 244 valence electrons. The fraction of sp³-hybridized carbons (Fsp3) is 0.815. The van der Waals surface area contributed by atoms with Crippen molar-refractivity contribution in [1.29, 1.82) is 0 Å². The molecule has 0 saturated heterocycles. The van der Waals surface area contributed by atoms with Gasteiger partial charge in [0.25, 0.3) is 0 Å². The van der Waals surface area contributed by atoms with Crippen LogP contribution in [0.15, 0.2) is 0 Å². The second-order valence-electron chi connectivity index (χ2n) is 9.17. The highest BCUT2D eigenvalue weighted by Gasteiger charge is 2.34. The first-order valence-electron chi connectivity index (χ1n) is 14.1. The highest BCUT2D eigenvalue weighted by atomic mass is 32.1. The highest BCUT2D eigenvalue weighted by Crippen LogP contribution is 2.13. The topological polar surface area (TPSA) is 172 Å². The molecule has 0 unspecified atom stereocenters. The number of methoxy groups -OCH3 is 3. The maximum atomic E-state index is 12.9. The minimum absolute atomic E-state index is 0.00503. The molecule has 4 amide bonds. The molecule has 0 aliphatic carbocycles. The molecule has 0 heterocycles. The second-order valence-corrected chi connectivity index (χ2v) is 9.74. The molecule has 0 aromatic heterocycles. The monoisotopic (exact) mass is 622 g/mol. The highest BCUT2D eigenvalue weighted by molar-refractivity contribution is 7.80. The molecule has 0 fully saturated rings. The van der Waals surface area contributed by atoms with Crippen LogP contribution in [-0.2, 0) is 47.6 Å². The van der Waals surface area contributed by atoms with Crippen molar-refractivity contribution in [2.45, 2.75) is 51.2 Å². The summed E-state index contributed by atoms with van der Waals surface area (Å²) in [7, 11) is 4.61. The van der Waals surface area contributed by atoms with Crippen molar-refractivity contribution in [2.24, 2.45) is 0 Å². The second kappa shape index (κ2) is 26.4. The molecular formula is C27H50N4O10S. The van der Waals surface area contributed by atoms with E-state index in [1.54, 1.807) is 0 Å². The van der Waals surface area contributed by atoms with Gasteiger partial charge in [-0.3, -0.25) is 19.2 Å². The first kappa shape index (κ1) is 39.7. The quantitative estimate of drug-likeness (QED) is 0.0520. The van der Waals surface area contributed by atoms with Gasteiger partial charge in [0.05, 0.1) is 59.3 Å². The van der Waals surface area contributed by atoms with Crippen molar-refractivity contribution >= 4 is 40.7 Å². The van der Waals surface area contributed by atoms with E-state index in [0.717, 1.165) is 4.86 Å². The minimum Gasteiger partial charge on any atom is -0.383 e. The molecule has 14 nitrogen and oxygen atoms in total. The maximum Gasteiger partial charge on any atom is 0.222 e. The van der Waals surface area contributed by atoms with Crippen LogP contribution in [0.4, 0.5) is 0 Å². The number of hydrogen-bond acceptors (Lipinski definition) is 11. The summed E-state index contributed by atoms with van der Waals surface area (Å²) in [4.78, 5) is 50.0. The first-order valence-corrected chi connectivity index (χ1v) is 14.5. The zero-order valence-corrected chi connectivity index (χ0v) is 26.3. The van der Waals surface area contributed by atoms with Crippen LogP contribution in [0.25, 0.3) is 0 Å². The van der Waals surface area contributed by atoms with Gasteiger partial charge < -0.3 is 49.7 Å². The van der Waals surface area contributed by atoms with Crippen molar-refractivity contribution < 1.29 is 47.6 Å². The van der Waals surface area contributed by atoms with Crippen molar-refractivity contribution in [3.63, 3.8) is 0 Å². The van der Waals surface area contributed by atoms with E-state index in [2.05, 4.69) is 21.3 Å². The minimum atomic E-state index is -1.49. The number of ether oxygens (including phenoxy) is 6. The predicted octanol–water partition coefficient (Wildman–Crippen LogP) is -0.133. The molecule has 0 radical (unpaired) electrons. The maximum absolute atomic E-state index is 12.9. The molecule has 0 bridgehead atoms. The number of amides is 4. The van der Waals surface area contributed by atoms with Crippen LogP contribution < -0.4 is 21.3 Å². The third-order valence-corrected chi connectivity index (χ3v) is 6.10. The van der Waals surface area contributed by atoms with Gasteiger partial charge in [-0.1, -0.05) is 19.1 Å². The van der Waals surface area contributed by atoms with Crippen LogP contribution in [-0.4, -0.2) is 128 Å². The predicted molar refractivity (Wildman–Crippen MR) is 159 cm³/mol. The molecule has 0 aromatic carbocycles. The molecular weight excluding hydrogens is 572 g/mol. The van der Waals surface area contributed by atoms with Gasteiger partial charge in [0.15, 0.2) is 5.72 Å². The van der Waals surface area contributed by atoms with Gasteiger partial charge in [0.2, 0.25) is 23.6 Å². The van der Waals surface area contributed by atoms with Crippen molar-refractivity contribution in [3.05, 3.63) is 0 Å². The Morgan fingerprint density at radius 3 is 1.43 bits per heavy atom. The van der Waals surface area contributed by atoms with E-state index in [9.17, 15) is 19.2 Å². The summed E-state index contributed by atoms with van der Waals surface area (Å²) >= 11 is 5.25. The smallest absolute Gasteiger partial charge is 0.222 e. The third-order valence-electron chi connectivity index (χ3n) is 5.60. The molecule has 0 aromatic rings. The van der Waals surface area contributed by atoms with Gasteiger partial charge in [-0.25, -0.2) is 0 Å². The summed E-state index contributed by atoms with van der Waals surface area (Å²) < 4.78 is 32.3. The molecule has 42 heavy (non-hydrogen) atoms. The average molecular weight is 623 g/mol. The number of carbonyl (C=O) groups is 4. The van der Waals surface area contributed by atoms with Crippen LogP contribution in [0.2, 0.25) is 0 Å². The van der Waals surface area contributed by atoms with E-state index < -0.39 is 5.72 Å². The lowest BCUT2D eigenvalue weighted by atomic mass is 10.1. The Balaban J connectivity index is 5.40. The molecule has 0 rings (SSSR count). The van der Waals surface area contributed by atoms with Gasteiger partial charge in [-0.15, -0.1) is 0 Å². The number of carbonyl (C=O) groups excluding carboxylic acids is 4. The van der Waals surface area contributed by atoms with E-state index in [4.69, 9.17) is 40.6 Å². The molecule has 4 N–H and O–H groups in total. The van der Waals surface area contributed by atoms with Gasteiger partial charge >= 0.3 is 0 Å². The third kappa shape index (κ3) is 22.3. The van der Waals surface area contributed by atoms with Crippen LogP contribution in [0.5, 0.6) is 0 Å². The SMILES string of the molecule is CCC(=S)CCC(=O)NC(COCCC(=O)NCCOC)(COCCC(=O)NCCOC)OCCC(=O)NCCOC. The van der Waals surface area contributed by atoms with E-state index in [-0.39, 0.29) is 82.3 Å². The fourth-order valence-corrected chi connectivity index (χ4v) is 3.37. The average Bonchev–Trinajstić information content (AvgIpc) is 2.96. The Labute approximate surface area is 254 Å². The number of rotatable bonds is 28. The lowest BCUT2D eigenvalue weighted by Crippen LogP contribution is -2.58. The Bertz CT molecular complexity index is 758. The lowest BCUT2D eigenvalue weighted by molar-refractivity contribution is -0.168. The van der Waals surface area contributed by atoms with E-state index in [0.29, 0.717) is 52.3 Å². The Kier molecular flexibility index (Phi) is 24.9. The van der Waals surface area contributed by atoms with Crippen molar-refractivity contribution in [3.8, 4) is 0 Å². The van der Waals surface area contributed by atoms with Crippen LogP contribution in [0.3, 0.4) is 0 Å². The van der Waals surface area contributed by atoms with Gasteiger partial charge in [0, 0.05) is 60.2 Å². The number of thiocarbonyl (C=S) groups is 1. The summed E-state index contributed by atoms with van der Waals surface area (Å²) in [5.41, 5.74) is -1.49. The molecule has 0 aliphatic heterocycles. The van der Waals surface area contributed by atoms with Crippen LogP contribution >= 0.6 is 12.2 Å². The summed E-state index contributed by atoms with van der Waals surface area (Å²) in [6.07, 6.45) is 1.37. The summed E-state index contributed by atoms with van der Waals surface area (Å²) in [5, 5.41) is 11.0. The van der Waals surface area contributed by atoms with Crippen LogP contribution in [0, 0.1) is 0 Å². The van der Waals surface area contributed by atoms with E-state index in [1.807, 2.05) is 6.92 Å². The summed E-state index contributed by atoms with van der Waals surface area (Å²) in [6, 6.07) is 0. The van der Waals surface area contributed by atoms with Gasteiger partial charge in [-0.2, -0.15) is 0 Å².